The van der Waals surface area contributed by atoms with Crippen LogP contribution in [0.15, 0.2) is 18.2 Å². The third-order valence-electron chi connectivity index (χ3n) is 3.62. The van der Waals surface area contributed by atoms with Crippen molar-refractivity contribution >= 4 is 23.1 Å². The van der Waals surface area contributed by atoms with E-state index in [1.165, 1.54) is 19.2 Å². The number of hydrogen-bond acceptors (Lipinski definition) is 3. The number of carbonyl (C=O) groups excluding carboxylic acids is 1. The van der Waals surface area contributed by atoms with Crippen LogP contribution in [0.4, 0.5) is 4.39 Å². The molecule has 1 aromatic rings. The fraction of sp³-hybridized carbons (Fsp3) is 0.429. The minimum absolute atomic E-state index is 0.0216. The zero-order chi connectivity index (χ0) is 14.7. The molecule has 1 saturated carbocycles. The normalized spacial score (nSPS) is 21.5. The molecule has 0 aliphatic heterocycles. The van der Waals surface area contributed by atoms with E-state index < -0.39 is 11.7 Å². The van der Waals surface area contributed by atoms with Crippen molar-refractivity contribution in [3.05, 3.63) is 29.6 Å². The summed E-state index contributed by atoms with van der Waals surface area (Å²) in [6.07, 6.45) is 2.60. The van der Waals surface area contributed by atoms with E-state index >= 15 is 0 Å². The number of nitrogens with two attached hydrogens (primary N) is 1. The van der Waals surface area contributed by atoms with Gasteiger partial charge in [-0.2, -0.15) is 0 Å². The summed E-state index contributed by atoms with van der Waals surface area (Å²) in [6.45, 7) is 0. The molecule has 0 radical (unpaired) electrons. The molecule has 1 aromatic carbocycles. The summed E-state index contributed by atoms with van der Waals surface area (Å²) in [6, 6.07) is 4.15. The minimum atomic E-state index is -0.605. The van der Waals surface area contributed by atoms with Gasteiger partial charge >= 0.3 is 0 Å². The zero-order valence-electron chi connectivity index (χ0n) is 11.2. The summed E-state index contributed by atoms with van der Waals surface area (Å²) in [5, 5.41) is 2.82. The molecule has 4 nitrogen and oxygen atoms in total. The third-order valence-corrected chi connectivity index (χ3v) is 3.92. The van der Waals surface area contributed by atoms with Gasteiger partial charge in [-0.05, 0) is 25.0 Å². The second-order valence-electron chi connectivity index (χ2n) is 4.84. The maximum Gasteiger partial charge on any atom is 0.258 e. The van der Waals surface area contributed by atoms with Crippen LogP contribution in [0.1, 0.15) is 29.6 Å². The Kier molecular flexibility index (Phi) is 4.54. The number of benzene rings is 1. The van der Waals surface area contributed by atoms with Crippen molar-refractivity contribution in [2.75, 3.05) is 7.11 Å². The maximum atomic E-state index is 13.8. The summed E-state index contributed by atoms with van der Waals surface area (Å²) in [5.74, 6) is -0.904. The Morgan fingerprint density at radius 1 is 1.50 bits per heavy atom. The molecular formula is C14H17FN2O2S. The molecule has 6 heteroatoms. The van der Waals surface area contributed by atoms with Crippen LogP contribution in [0, 0.1) is 11.7 Å². The highest BCUT2D eigenvalue weighted by atomic mass is 32.1. The van der Waals surface area contributed by atoms with Gasteiger partial charge in [-0.25, -0.2) is 4.39 Å². The average molecular weight is 296 g/mol. The van der Waals surface area contributed by atoms with Crippen LogP contribution in [-0.4, -0.2) is 24.0 Å². The lowest BCUT2D eigenvalue weighted by atomic mass is 10.0. The van der Waals surface area contributed by atoms with Gasteiger partial charge in [0.2, 0.25) is 0 Å². The van der Waals surface area contributed by atoms with Crippen LogP contribution in [0.3, 0.4) is 0 Å². The molecule has 0 saturated heterocycles. The topological polar surface area (TPSA) is 64.3 Å². The summed E-state index contributed by atoms with van der Waals surface area (Å²) in [4.78, 5) is 12.7. The van der Waals surface area contributed by atoms with E-state index in [9.17, 15) is 9.18 Å². The number of ether oxygens (including phenoxy) is 1. The van der Waals surface area contributed by atoms with Crippen LogP contribution < -0.4 is 15.8 Å². The average Bonchev–Trinajstić information content (AvgIpc) is 2.86. The minimum Gasteiger partial charge on any atom is -0.496 e. The molecule has 108 valence electrons. The van der Waals surface area contributed by atoms with Crippen LogP contribution in [0.25, 0.3) is 0 Å². The van der Waals surface area contributed by atoms with E-state index in [0.29, 0.717) is 4.99 Å². The fourth-order valence-electron chi connectivity index (χ4n) is 2.61. The first-order valence-corrected chi connectivity index (χ1v) is 6.88. The highest BCUT2D eigenvalue weighted by molar-refractivity contribution is 7.80. The number of carbonyl (C=O) groups is 1. The first-order valence-electron chi connectivity index (χ1n) is 6.47. The van der Waals surface area contributed by atoms with Crippen molar-refractivity contribution in [2.24, 2.45) is 11.7 Å². The lowest BCUT2D eigenvalue weighted by molar-refractivity contribution is 0.0926. The Hall–Kier alpha value is -1.69. The van der Waals surface area contributed by atoms with Crippen LogP contribution >= 0.6 is 12.2 Å². The Balaban J connectivity index is 2.18. The molecule has 1 aliphatic rings. The summed E-state index contributed by atoms with van der Waals surface area (Å²) >= 11 is 5.00. The predicted molar refractivity (Wildman–Crippen MR) is 78.3 cm³/mol. The van der Waals surface area contributed by atoms with E-state index in [-0.39, 0.29) is 23.3 Å². The third kappa shape index (κ3) is 2.90. The van der Waals surface area contributed by atoms with Gasteiger partial charge in [-0.3, -0.25) is 4.79 Å². The SMILES string of the molecule is COc1cccc(F)c1C(=O)NC1CCCC1C(N)=S. The van der Waals surface area contributed by atoms with Gasteiger partial charge in [0.1, 0.15) is 17.1 Å². The molecule has 1 fully saturated rings. The molecule has 1 amide bonds. The Bertz CT molecular complexity index is 536. The molecule has 0 heterocycles. The standard InChI is InChI=1S/C14H17FN2O2S/c1-19-11-7-3-5-9(15)12(11)14(18)17-10-6-2-4-8(10)13(16)20/h3,5,7-8,10H,2,4,6H2,1H3,(H2,16,20)(H,17,18). The van der Waals surface area contributed by atoms with Crippen molar-refractivity contribution in [3.63, 3.8) is 0 Å². The summed E-state index contributed by atoms with van der Waals surface area (Å²) in [7, 11) is 1.40. The van der Waals surface area contributed by atoms with E-state index in [1.54, 1.807) is 6.07 Å². The number of methoxy groups -OCH3 is 1. The zero-order valence-corrected chi connectivity index (χ0v) is 12.0. The number of thiocarbonyl (C=S) groups is 1. The number of rotatable bonds is 4. The molecule has 0 bridgehead atoms. The van der Waals surface area contributed by atoms with Gasteiger partial charge in [0.15, 0.2) is 0 Å². The van der Waals surface area contributed by atoms with Crippen molar-refractivity contribution < 1.29 is 13.9 Å². The first kappa shape index (κ1) is 14.7. The monoisotopic (exact) mass is 296 g/mol. The van der Waals surface area contributed by atoms with Crippen molar-refractivity contribution in [2.45, 2.75) is 25.3 Å². The smallest absolute Gasteiger partial charge is 0.258 e. The van der Waals surface area contributed by atoms with Gasteiger partial charge in [0.25, 0.3) is 5.91 Å². The van der Waals surface area contributed by atoms with Crippen molar-refractivity contribution in [1.82, 2.24) is 5.32 Å². The molecule has 20 heavy (non-hydrogen) atoms. The van der Waals surface area contributed by atoms with Crippen molar-refractivity contribution in [3.8, 4) is 5.75 Å². The maximum absolute atomic E-state index is 13.8. The first-order chi connectivity index (χ1) is 9.54. The molecule has 2 unspecified atom stereocenters. The highest BCUT2D eigenvalue weighted by Crippen LogP contribution is 2.27. The predicted octanol–water partition coefficient (Wildman–Crippen LogP) is 2.02. The Morgan fingerprint density at radius 3 is 2.90 bits per heavy atom. The van der Waals surface area contributed by atoms with Crippen LogP contribution in [0.2, 0.25) is 0 Å². The van der Waals surface area contributed by atoms with Crippen LogP contribution in [0.5, 0.6) is 5.75 Å². The van der Waals surface area contributed by atoms with Gasteiger partial charge in [-0.15, -0.1) is 0 Å². The molecule has 2 atom stereocenters. The number of halogens is 1. The fourth-order valence-corrected chi connectivity index (χ4v) is 2.89. The second-order valence-corrected chi connectivity index (χ2v) is 5.31. The quantitative estimate of drug-likeness (QED) is 0.834. The number of hydrogen-bond donors (Lipinski definition) is 2. The van der Waals surface area contributed by atoms with E-state index in [1.807, 2.05) is 0 Å². The summed E-state index contributed by atoms with van der Waals surface area (Å²) < 4.78 is 18.9. The second kappa shape index (κ2) is 6.17. The van der Waals surface area contributed by atoms with Crippen LogP contribution in [-0.2, 0) is 0 Å². The molecule has 0 aromatic heterocycles. The molecule has 2 rings (SSSR count). The van der Waals surface area contributed by atoms with E-state index in [2.05, 4.69) is 5.32 Å². The number of nitrogens with one attached hydrogen (secondary N) is 1. The molecule has 1 aliphatic carbocycles. The Morgan fingerprint density at radius 2 is 2.25 bits per heavy atom. The lowest BCUT2D eigenvalue weighted by Gasteiger charge is -2.20. The number of amides is 1. The highest BCUT2D eigenvalue weighted by Gasteiger charge is 2.31. The molecule has 0 spiro atoms. The molecule has 3 N–H and O–H groups in total. The largest absolute Gasteiger partial charge is 0.496 e. The lowest BCUT2D eigenvalue weighted by Crippen LogP contribution is -2.42. The van der Waals surface area contributed by atoms with Crippen molar-refractivity contribution in [1.29, 1.82) is 0 Å². The molecular weight excluding hydrogens is 279 g/mol. The van der Waals surface area contributed by atoms with E-state index in [0.717, 1.165) is 19.3 Å². The summed E-state index contributed by atoms with van der Waals surface area (Å²) in [5.41, 5.74) is 5.59. The van der Waals surface area contributed by atoms with Gasteiger partial charge in [0.05, 0.1) is 12.1 Å². The van der Waals surface area contributed by atoms with Gasteiger partial charge < -0.3 is 15.8 Å². The van der Waals surface area contributed by atoms with E-state index in [4.69, 9.17) is 22.7 Å². The van der Waals surface area contributed by atoms with Gasteiger partial charge in [0, 0.05) is 12.0 Å². The Labute approximate surface area is 122 Å². The van der Waals surface area contributed by atoms with Gasteiger partial charge in [-0.1, -0.05) is 24.7 Å².